The summed E-state index contributed by atoms with van der Waals surface area (Å²) in [4.78, 5) is 16.1. The van der Waals surface area contributed by atoms with Crippen molar-refractivity contribution in [3.63, 3.8) is 0 Å². The van der Waals surface area contributed by atoms with Crippen LogP contribution in [0.4, 0.5) is 5.69 Å². The Bertz CT molecular complexity index is 903. The monoisotopic (exact) mass is 352 g/mol. The van der Waals surface area contributed by atoms with Gasteiger partial charge in [-0.1, -0.05) is 13.0 Å². The van der Waals surface area contributed by atoms with Gasteiger partial charge in [-0.25, -0.2) is 4.68 Å². The van der Waals surface area contributed by atoms with Crippen molar-refractivity contribution in [2.45, 2.75) is 13.3 Å². The van der Waals surface area contributed by atoms with Gasteiger partial charge in [-0.15, -0.1) is 5.10 Å². The minimum absolute atomic E-state index is 0.0475. The molecule has 7 heteroatoms. The van der Waals surface area contributed by atoms with Crippen LogP contribution in [0.3, 0.4) is 0 Å². The molecule has 0 aliphatic heterocycles. The Morgan fingerprint density at radius 1 is 1.12 bits per heavy atom. The van der Waals surface area contributed by atoms with Gasteiger partial charge in [0.15, 0.2) is 5.82 Å². The molecular formula is C19H20N4O3. The fourth-order valence-electron chi connectivity index (χ4n) is 2.45. The molecule has 2 aromatic carbocycles. The van der Waals surface area contributed by atoms with E-state index in [9.17, 15) is 4.79 Å². The van der Waals surface area contributed by atoms with Crippen molar-refractivity contribution in [3.05, 3.63) is 48.5 Å². The zero-order valence-corrected chi connectivity index (χ0v) is 14.9. The molecule has 0 atom stereocenters. The third-order valence-electron chi connectivity index (χ3n) is 3.81. The molecule has 0 aliphatic rings. The maximum absolute atomic E-state index is 11.7. The Kier molecular flexibility index (Phi) is 5.17. The molecule has 0 saturated carbocycles. The van der Waals surface area contributed by atoms with Gasteiger partial charge in [0.2, 0.25) is 5.91 Å². The quantitative estimate of drug-likeness (QED) is 0.736. The summed E-state index contributed by atoms with van der Waals surface area (Å²) < 4.78 is 12.1. The van der Waals surface area contributed by atoms with Crippen LogP contribution in [0.5, 0.6) is 11.8 Å². The predicted molar refractivity (Wildman–Crippen MR) is 98.8 cm³/mol. The lowest BCUT2D eigenvalue weighted by Gasteiger charge is -2.09. The second-order valence-corrected chi connectivity index (χ2v) is 5.51. The Morgan fingerprint density at radius 2 is 1.88 bits per heavy atom. The topological polar surface area (TPSA) is 78.3 Å². The van der Waals surface area contributed by atoms with Crippen LogP contribution in [-0.4, -0.2) is 34.9 Å². The number of aromatic nitrogens is 3. The first kappa shape index (κ1) is 17.5. The standard InChI is InChI=1S/C19H20N4O3/c1-4-17(24)20-14-6-5-7-15(12-14)23-18(21-19(22-23)26-3)13-8-10-16(25-2)11-9-13/h5-12H,4H2,1-3H3,(H,20,24). The number of hydrogen-bond donors (Lipinski definition) is 1. The van der Waals surface area contributed by atoms with Gasteiger partial charge in [-0.05, 0) is 42.5 Å². The van der Waals surface area contributed by atoms with Crippen LogP contribution in [-0.2, 0) is 4.79 Å². The van der Waals surface area contributed by atoms with Crippen LogP contribution in [0.1, 0.15) is 13.3 Å². The molecule has 7 nitrogen and oxygen atoms in total. The number of amides is 1. The summed E-state index contributed by atoms with van der Waals surface area (Å²) in [6.45, 7) is 1.81. The van der Waals surface area contributed by atoms with Crippen molar-refractivity contribution in [2.24, 2.45) is 0 Å². The van der Waals surface area contributed by atoms with Gasteiger partial charge < -0.3 is 14.8 Å². The van der Waals surface area contributed by atoms with E-state index in [2.05, 4.69) is 15.4 Å². The molecule has 1 heterocycles. The average Bonchev–Trinajstić information content (AvgIpc) is 3.12. The van der Waals surface area contributed by atoms with E-state index in [1.807, 2.05) is 55.5 Å². The zero-order valence-electron chi connectivity index (χ0n) is 14.9. The molecule has 0 fully saturated rings. The SMILES string of the molecule is CCC(=O)Nc1cccc(-n2nc(OC)nc2-c2ccc(OC)cc2)c1. The fourth-order valence-corrected chi connectivity index (χ4v) is 2.45. The molecule has 3 aromatic rings. The highest BCUT2D eigenvalue weighted by Gasteiger charge is 2.15. The van der Waals surface area contributed by atoms with Crippen LogP contribution >= 0.6 is 0 Å². The number of methoxy groups -OCH3 is 2. The molecule has 26 heavy (non-hydrogen) atoms. The number of carbonyl (C=O) groups is 1. The van der Waals surface area contributed by atoms with Crippen molar-refractivity contribution >= 4 is 11.6 Å². The summed E-state index contributed by atoms with van der Waals surface area (Å²) in [6, 6.07) is 15.2. The number of anilines is 1. The molecule has 0 aliphatic carbocycles. The summed E-state index contributed by atoms with van der Waals surface area (Å²) in [6.07, 6.45) is 0.415. The summed E-state index contributed by atoms with van der Waals surface area (Å²) in [5.74, 6) is 1.34. The van der Waals surface area contributed by atoms with Crippen LogP contribution in [0, 0.1) is 0 Å². The number of hydrogen-bond acceptors (Lipinski definition) is 5. The van der Waals surface area contributed by atoms with Crippen LogP contribution < -0.4 is 14.8 Å². The zero-order chi connectivity index (χ0) is 18.5. The van der Waals surface area contributed by atoms with Crippen molar-refractivity contribution in [1.29, 1.82) is 0 Å². The maximum Gasteiger partial charge on any atom is 0.336 e. The van der Waals surface area contributed by atoms with Crippen molar-refractivity contribution in [2.75, 3.05) is 19.5 Å². The van der Waals surface area contributed by atoms with Gasteiger partial charge in [0.05, 0.1) is 19.9 Å². The summed E-state index contributed by atoms with van der Waals surface area (Å²) in [5.41, 5.74) is 2.33. The first-order chi connectivity index (χ1) is 12.6. The van der Waals surface area contributed by atoms with Gasteiger partial charge in [-0.3, -0.25) is 4.79 Å². The normalized spacial score (nSPS) is 10.4. The fraction of sp³-hybridized carbons (Fsp3) is 0.211. The molecule has 0 radical (unpaired) electrons. The minimum Gasteiger partial charge on any atom is -0.497 e. The van der Waals surface area contributed by atoms with E-state index in [1.165, 1.54) is 7.11 Å². The van der Waals surface area contributed by atoms with Crippen LogP contribution in [0.2, 0.25) is 0 Å². The lowest BCUT2D eigenvalue weighted by atomic mass is 10.2. The summed E-state index contributed by atoms with van der Waals surface area (Å²) in [7, 11) is 3.14. The van der Waals surface area contributed by atoms with E-state index >= 15 is 0 Å². The van der Waals surface area contributed by atoms with Crippen LogP contribution in [0.25, 0.3) is 17.1 Å². The molecule has 3 rings (SSSR count). The number of nitrogens with one attached hydrogen (secondary N) is 1. The maximum atomic E-state index is 11.7. The van der Waals surface area contributed by atoms with Gasteiger partial charge >= 0.3 is 6.01 Å². The Balaban J connectivity index is 2.03. The Labute approximate surface area is 151 Å². The highest BCUT2D eigenvalue weighted by atomic mass is 16.5. The molecule has 134 valence electrons. The first-order valence-electron chi connectivity index (χ1n) is 8.20. The Hall–Kier alpha value is -3.35. The number of nitrogens with zero attached hydrogens (tertiary/aromatic N) is 3. The second-order valence-electron chi connectivity index (χ2n) is 5.51. The molecule has 1 N–H and O–H groups in total. The largest absolute Gasteiger partial charge is 0.497 e. The van der Waals surface area contributed by atoms with Crippen molar-refractivity contribution in [3.8, 4) is 28.8 Å². The third-order valence-corrected chi connectivity index (χ3v) is 3.81. The average molecular weight is 352 g/mol. The van der Waals surface area contributed by atoms with Crippen molar-refractivity contribution in [1.82, 2.24) is 14.8 Å². The molecule has 1 amide bonds. The number of ether oxygens (including phenoxy) is 2. The third kappa shape index (κ3) is 3.66. The smallest absolute Gasteiger partial charge is 0.336 e. The van der Waals surface area contributed by atoms with E-state index in [0.717, 1.165) is 17.0 Å². The first-order valence-corrected chi connectivity index (χ1v) is 8.20. The second kappa shape index (κ2) is 7.69. The van der Waals surface area contributed by atoms with Gasteiger partial charge in [0.1, 0.15) is 5.75 Å². The lowest BCUT2D eigenvalue weighted by molar-refractivity contribution is -0.115. The molecule has 1 aromatic heterocycles. The van der Waals surface area contributed by atoms with Gasteiger partial charge in [-0.2, -0.15) is 4.98 Å². The number of benzene rings is 2. The van der Waals surface area contributed by atoms with E-state index in [0.29, 0.717) is 17.9 Å². The van der Waals surface area contributed by atoms with Crippen molar-refractivity contribution < 1.29 is 14.3 Å². The summed E-state index contributed by atoms with van der Waals surface area (Å²) >= 11 is 0. The molecule has 0 spiro atoms. The van der Waals surface area contributed by atoms with E-state index in [1.54, 1.807) is 11.8 Å². The molecule has 0 bridgehead atoms. The number of rotatable bonds is 6. The van der Waals surface area contributed by atoms with E-state index in [-0.39, 0.29) is 11.9 Å². The highest BCUT2D eigenvalue weighted by Crippen LogP contribution is 2.26. The predicted octanol–water partition coefficient (Wildman–Crippen LogP) is 3.30. The minimum atomic E-state index is -0.0475. The van der Waals surface area contributed by atoms with E-state index in [4.69, 9.17) is 9.47 Å². The van der Waals surface area contributed by atoms with Crippen LogP contribution in [0.15, 0.2) is 48.5 Å². The van der Waals surface area contributed by atoms with Gasteiger partial charge in [0.25, 0.3) is 0 Å². The van der Waals surface area contributed by atoms with E-state index < -0.39 is 0 Å². The molecule has 0 unspecified atom stereocenters. The highest BCUT2D eigenvalue weighted by molar-refractivity contribution is 5.90. The molecule has 0 saturated heterocycles. The number of carbonyl (C=O) groups excluding carboxylic acids is 1. The lowest BCUT2D eigenvalue weighted by Crippen LogP contribution is -2.10. The summed E-state index contributed by atoms with van der Waals surface area (Å²) in [5, 5.41) is 7.25. The Morgan fingerprint density at radius 3 is 2.54 bits per heavy atom. The van der Waals surface area contributed by atoms with Gasteiger partial charge in [0, 0.05) is 17.7 Å². The molecular weight excluding hydrogens is 332 g/mol.